The molecule has 0 aromatic heterocycles. The van der Waals surface area contributed by atoms with Gasteiger partial charge in [-0.3, -0.25) is 15.0 Å². The number of methoxy groups -OCH3 is 1. The number of rotatable bonds is 2. The van der Waals surface area contributed by atoms with E-state index in [0.29, 0.717) is 11.4 Å². The maximum atomic E-state index is 11.5. The minimum Gasteiger partial charge on any atom is -0.497 e. The Kier molecular flexibility index (Phi) is 3.84. The van der Waals surface area contributed by atoms with Gasteiger partial charge in [-0.05, 0) is 12.1 Å². The van der Waals surface area contributed by atoms with Gasteiger partial charge in [0.15, 0.2) is 0 Å². The second-order valence-electron chi connectivity index (χ2n) is 3.04. The molecular formula is C10H13N3O3. The van der Waals surface area contributed by atoms with Crippen molar-refractivity contribution < 1.29 is 14.3 Å². The fraction of sp³-hybridized carbons (Fsp3) is 0.200. The van der Waals surface area contributed by atoms with E-state index >= 15 is 0 Å². The molecule has 0 saturated carbocycles. The Morgan fingerprint density at radius 1 is 1.44 bits per heavy atom. The number of ether oxygens (including phenoxy) is 1. The van der Waals surface area contributed by atoms with E-state index in [1.165, 1.54) is 19.1 Å². The monoisotopic (exact) mass is 223 g/mol. The predicted octanol–water partition coefficient (Wildman–Crippen LogP) is -0.352. The Morgan fingerprint density at radius 3 is 2.69 bits per heavy atom. The fourth-order valence-electron chi connectivity index (χ4n) is 1.15. The Bertz CT molecular complexity index is 406. The number of benzene rings is 1. The number of carbonyl (C=O) groups excluding carboxylic acids is 2. The lowest BCUT2D eigenvalue weighted by molar-refractivity contribution is -0.137. The van der Waals surface area contributed by atoms with Gasteiger partial charge in [0.1, 0.15) is 5.75 Å². The first-order valence-corrected chi connectivity index (χ1v) is 4.53. The van der Waals surface area contributed by atoms with Gasteiger partial charge in [-0.15, -0.1) is 0 Å². The lowest BCUT2D eigenvalue weighted by Crippen LogP contribution is -2.44. The largest absolute Gasteiger partial charge is 0.497 e. The van der Waals surface area contributed by atoms with Crippen LogP contribution in [-0.4, -0.2) is 26.0 Å². The molecule has 1 rings (SSSR count). The quantitative estimate of drug-likeness (QED) is 0.310. The van der Waals surface area contributed by atoms with Crippen LogP contribution < -0.4 is 20.9 Å². The average molecular weight is 223 g/mol. The van der Waals surface area contributed by atoms with Crippen molar-refractivity contribution >= 4 is 17.5 Å². The molecule has 16 heavy (non-hydrogen) atoms. The zero-order valence-corrected chi connectivity index (χ0v) is 9.06. The summed E-state index contributed by atoms with van der Waals surface area (Å²) in [7, 11) is 3.00. The number of hydrogen-bond donors (Lipinski definition) is 2. The van der Waals surface area contributed by atoms with E-state index in [4.69, 9.17) is 10.6 Å². The highest BCUT2D eigenvalue weighted by atomic mass is 16.5. The van der Waals surface area contributed by atoms with E-state index in [0.717, 1.165) is 0 Å². The Morgan fingerprint density at radius 2 is 2.12 bits per heavy atom. The van der Waals surface area contributed by atoms with Crippen LogP contribution >= 0.6 is 0 Å². The molecule has 2 amide bonds. The van der Waals surface area contributed by atoms with Gasteiger partial charge in [0.2, 0.25) is 0 Å². The summed E-state index contributed by atoms with van der Waals surface area (Å²) in [5, 5.41) is 0. The molecule has 6 heteroatoms. The van der Waals surface area contributed by atoms with Crippen molar-refractivity contribution in [3.8, 4) is 5.75 Å². The standard InChI is InChI=1S/C10H13N3O3/c1-13(10(15)9(14)12-11)7-4-3-5-8(6-7)16-2/h3-6H,11H2,1-2H3,(H,12,14). The molecule has 6 nitrogen and oxygen atoms in total. The molecule has 3 N–H and O–H groups in total. The summed E-state index contributed by atoms with van der Waals surface area (Å²) in [5.41, 5.74) is 2.33. The number of likely N-dealkylation sites (N-methyl/N-ethyl adjacent to an activating group) is 1. The number of carbonyl (C=O) groups is 2. The minimum absolute atomic E-state index is 0.549. The second-order valence-corrected chi connectivity index (χ2v) is 3.04. The average Bonchev–Trinajstić information content (AvgIpc) is 2.36. The van der Waals surface area contributed by atoms with E-state index in [-0.39, 0.29) is 0 Å². The van der Waals surface area contributed by atoms with Crippen molar-refractivity contribution in [3.63, 3.8) is 0 Å². The van der Waals surface area contributed by atoms with Crippen molar-refractivity contribution in [2.45, 2.75) is 0 Å². The van der Waals surface area contributed by atoms with Gasteiger partial charge >= 0.3 is 11.8 Å². The number of anilines is 1. The summed E-state index contributed by atoms with van der Waals surface area (Å²) in [6, 6.07) is 6.79. The van der Waals surface area contributed by atoms with Crippen LogP contribution in [-0.2, 0) is 9.59 Å². The fourth-order valence-corrected chi connectivity index (χ4v) is 1.15. The highest BCUT2D eigenvalue weighted by Crippen LogP contribution is 2.19. The van der Waals surface area contributed by atoms with Crippen LogP contribution in [0.4, 0.5) is 5.69 Å². The molecule has 0 saturated heterocycles. The van der Waals surface area contributed by atoms with Gasteiger partial charge < -0.3 is 9.64 Å². The maximum Gasteiger partial charge on any atom is 0.323 e. The predicted molar refractivity (Wildman–Crippen MR) is 58.7 cm³/mol. The third kappa shape index (κ3) is 2.48. The van der Waals surface area contributed by atoms with E-state index in [2.05, 4.69) is 0 Å². The maximum absolute atomic E-state index is 11.5. The van der Waals surface area contributed by atoms with E-state index in [9.17, 15) is 9.59 Å². The topological polar surface area (TPSA) is 84.7 Å². The van der Waals surface area contributed by atoms with Crippen molar-refractivity contribution in [2.75, 3.05) is 19.1 Å². The first-order chi connectivity index (χ1) is 7.60. The minimum atomic E-state index is -0.870. The van der Waals surface area contributed by atoms with Crippen LogP contribution in [0.3, 0.4) is 0 Å². The Labute approximate surface area is 92.9 Å². The van der Waals surface area contributed by atoms with Gasteiger partial charge in [-0.25, -0.2) is 5.84 Å². The number of hydrazine groups is 1. The lowest BCUT2D eigenvalue weighted by atomic mass is 10.2. The van der Waals surface area contributed by atoms with Crippen molar-refractivity contribution in [1.82, 2.24) is 5.43 Å². The van der Waals surface area contributed by atoms with Gasteiger partial charge in [0.25, 0.3) is 0 Å². The highest BCUT2D eigenvalue weighted by Gasteiger charge is 2.18. The molecule has 0 aliphatic heterocycles. The molecule has 0 radical (unpaired) electrons. The molecule has 0 fully saturated rings. The zero-order valence-electron chi connectivity index (χ0n) is 9.06. The van der Waals surface area contributed by atoms with Gasteiger partial charge in [0.05, 0.1) is 7.11 Å². The summed E-state index contributed by atoms with van der Waals surface area (Å²) in [5.74, 6) is 3.87. The molecule has 0 heterocycles. The van der Waals surface area contributed by atoms with E-state index in [1.54, 1.807) is 29.7 Å². The molecular weight excluding hydrogens is 210 g/mol. The van der Waals surface area contributed by atoms with Gasteiger partial charge in [-0.2, -0.15) is 0 Å². The Hall–Kier alpha value is -2.08. The van der Waals surface area contributed by atoms with E-state index < -0.39 is 11.8 Å². The molecule has 0 atom stereocenters. The number of hydrogen-bond acceptors (Lipinski definition) is 4. The summed E-state index contributed by atoms with van der Waals surface area (Å²) < 4.78 is 5.01. The molecule has 1 aromatic rings. The molecule has 0 spiro atoms. The molecule has 0 aliphatic carbocycles. The number of nitrogens with one attached hydrogen (secondary N) is 1. The van der Waals surface area contributed by atoms with Crippen LogP contribution in [0.25, 0.3) is 0 Å². The third-order valence-corrected chi connectivity index (χ3v) is 2.07. The zero-order chi connectivity index (χ0) is 12.1. The first-order valence-electron chi connectivity index (χ1n) is 4.53. The normalized spacial score (nSPS) is 9.44. The molecule has 1 aromatic carbocycles. The van der Waals surface area contributed by atoms with Gasteiger partial charge in [-0.1, -0.05) is 6.07 Å². The van der Waals surface area contributed by atoms with Gasteiger partial charge in [0, 0.05) is 18.8 Å². The highest BCUT2D eigenvalue weighted by molar-refractivity contribution is 6.40. The molecule has 86 valence electrons. The van der Waals surface area contributed by atoms with Crippen LogP contribution in [0.15, 0.2) is 24.3 Å². The number of nitrogens with two attached hydrogens (primary N) is 1. The molecule has 0 bridgehead atoms. The summed E-state index contributed by atoms with van der Waals surface area (Å²) >= 11 is 0. The smallest absolute Gasteiger partial charge is 0.323 e. The Balaban J connectivity index is 2.91. The second kappa shape index (κ2) is 5.13. The van der Waals surface area contributed by atoms with Crippen molar-refractivity contribution in [3.05, 3.63) is 24.3 Å². The van der Waals surface area contributed by atoms with Crippen LogP contribution in [0.5, 0.6) is 5.75 Å². The van der Waals surface area contributed by atoms with Crippen molar-refractivity contribution in [1.29, 1.82) is 0 Å². The van der Waals surface area contributed by atoms with E-state index in [1.807, 2.05) is 0 Å². The summed E-state index contributed by atoms with van der Waals surface area (Å²) in [6.07, 6.45) is 0. The summed E-state index contributed by atoms with van der Waals surface area (Å²) in [6.45, 7) is 0. The number of nitrogens with zero attached hydrogens (tertiary/aromatic N) is 1. The van der Waals surface area contributed by atoms with Crippen LogP contribution in [0.1, 0.15) is 0 Å². The number of amides is 2. The van der Waals surface area contributed by atoms with Crippen molar-refractivity contribution in [2.24, 2.45) is 5.84 Å². The lowest BCUT2D eigenvalue weighted by Gasteiger charge is -2.16. The molecule has 0 aliphatic rings. The van der Waals surface area contributed by atoms with Crippen LogP contribution in [0.2, 0.25) is 0 Å². The third-order valence-electron chi connectivity index (χ3n) is 2.07. The molecule has 0 unspecified atom stereocenters. The first kappa shape index (κ1) is 12.0. The van der Waals surface area contributed by atoms with Crippen LogP contribution in [0, 0.1) is 0 Å². The SMILES string of the molecule is COc1cccc(N(C)C(=O)C(=O)NN)c1. The summed E-state index contributed by atoms with van der Waals surface area (Å²) in [4.78, 5) is 23.7.